The average Bonchev–Trinajstić information content (AvgIpc) is 2.62. The lowest BCUT2D eigenvalue weighted by molar-refractivity contribution is -0.191. The van der Waals surface area contributed by atoms with Crippen LogP contribution in [-0.2, 0) is 9.47 Å². The zero-order valence-electron chi connectivity index (χ0n) is 16.3. The van der Waals surface area contributed by atoms with Gasteiger partial charge >= 0.3 is 0 Å². The van der Waals surface area contributed by atoms with Crippen molar-refractivity contribution in [3.8, 4) is 11.1 Å². The van der Waals surface area contributed by atoms with E-state index in [1.165, 1.54) is 6.07 Å². The molecule has 1 N–H and O–H groups in total. The van der Waals surface area contributed by atoms with Crippen LogP contribution < -0.4 is 0 Å². The fourth-order valence-corrected chi connectivity index (χ4v) is 3.62. The molecule has 0 radical (unpaired) electrons. The number of methoxy groups -OCH3 is 1. The van der Waals surface area contributed by atoms with Gasteiger partial charge in [0, 0.05) is 20.0 Å². The molecule has 3 rings (SSSR count). The van der Waals surface area contributed by atoms with Crippen LogP contribution in [0.4, 0.5) is 4.39 Å². The van der Waals surface area contributed by atoms with Gasteiger partial charge in [0.15, 0.2) is 6.29 Å². The molecular formula is C23H27FO3. The quantitative estimate of drug-likeness (QED) is 0.828. The normalized spacial score (nSPS) is 23.1. The molecule has 2 aromatic rings. The summed E-state index contributed by atoms with van der Waals surface area (Å²) in [6, 6.07) is 9.46. The Bertz CT molecular complexity index is 844. The van der Waals surface area contributed by atoms with E-state index in [9.17, 15) is 9.50 Å². The zero-order chi connectivity index (χ0) is 19.6. The summed E-state index contributed by atoms with van der Waals surface area (Å²) < 4.78 is 24.8. The maximum absolute atomic E-state index is 13.7. The van der Waals surface area contributed by atoms with E-state index in [4.69, 9.17) is 9.47 Å². The van der Waals surface area contributed by atoms with Gasteiger partial charge in [0.2, 0.25) is 0 Å². The molecule has 0 amide bonds. The molecule has 0 spiro atoms. The summed E-state index contributed by atoms with van der Waals surface area (Å²) >= 11 is 0. The predicted molar refractivity (Wildman–Crippen MR) is 106 cm³/mol. The first-order valence-corrected chi connectivity index (χ1v) is 9.29. The van der Waals surface area contributed by atoms with Crippen LogP contribution in [0.25, 0.3) is 17.2 Å². The maximum Gasteiger partial charge on any atom is 0.160 e. The highest BCUT2D eigenvalue weighted by Crippen LogP contribution is 2.31. The molecule has 1 saturated heterocycles. The van der Waals surface area contributed by atoms with Crippen LogP contribution in [0, 0.1) is 26.6 Å². The van der Waals surface area contributed by atoms with Crippen LogP contribution in [0.1, 0.15) is 35.1 Å². The predicted octanol–water partition coefficient (Wildman–Crippen LogP) is 4.94. The number of hydrogen-bond donors (Lipinski definition) is 1. The molecule has 0 unspecified atom stereocenters. The van der Waals surface area contributed by atoms with Gasteiger partial charge in [0.25, 0.3) is 0 Å². The largest absolute Gasteiger partial charge is 0.393 e. The maximum atomic E-state index is 13.7. The van der Waals surface area contributed by atoms with Gasteiger partial charge < -0.3 is 14.6 Å². The van der Waals surface area contributed by atoms with Crippen molar-refractivity contribution in [2.75, 3.05) is 7.11 Å². The standard InChI is InChI=1S/C23H27FO3/c1-14-9-15(2)20(7-6-19-12-18(25)13-23(26-4)27-19)21(10-14)17-5-8-22(24)16(3)11-17/h5-11,18-19,23,25H,12-13H2,1-4H3/b7-6+/t18-,19-,23+/m1/s1. The van der Waals surface area contributed by atoms with Crippen LogP contribution in [0.15, 0.2) is 36.4 Å². The number of aryl methyl sites for hydroxylation is 3. The van der Waals surface area contributed by atoms with Crippen molar-refractivity contribution in [2.24, 2.45) is 0 Å². The Balaban J connectivity index is 1.96. The highest BCUT2D eigenvalue weighted by Gasteiger charge is 2.26. The Hall–Kier alpha value is -2.01. The van der Waals surface area contributed by atoms with E-state index >= 15 is 0 Å². The molecule has 1 aliphatic rings. The van der Waals surface area contributed by atoms with Gasteiger partial charge in [-0.15, -0.1) is 0 Å². The highest BCUT2D eigenvalue weighted by atomic mass is 19.1. The Kier molecular flexibility index (Phi) is 6.10. The molecule has 144 valence electrons. The van der Waals surface area contributed by atoms with Crippen molar-refractivity contribution < 1.29 is 19.0 Å². The van der Waals surface area contributed by atoms with Crippen molar-refractivity contribution in [1.29, 1.82) is 0 Å². The fraction of sp³-hybridized carbons (Fsp3) is 0.391. The van der Waals surface area contributed by atoms with Gasteiger partial charge in [-0.05, 0) is 60.7 Å². The van der Waals surface area contributed by atoms with Crippen molar-refractivity contribution in [3.05, 3.63) is 64.5 Å². The van der Waals surface area contributed by atoms with E-state index in [-0.39, 0.29) is 18.2 Å². The first-order chi connectivity index (χ1) is 12.9. The SMILES string of the molecule is CO[C@@H]1C[C@H](O)C[C@@H](/C=C/c2c(C)cc(C)cc2-c2ccc(F)c(C)c2)O1. The average molecular weight is 370 g/mol. The van der Waals surface area contributed by atoms with Gasteiger partial charge in [0.05, 0.1) is 12.2 Å². The van der Waals surface area contributed by atoms with Crippen molar-refractivity contribution in [2.45, 2.75) is 52.1 Å². The summed E-state index contributed by atoms with van der Waals surface area (Å²) in [5.41, 5.74) is 6.05. The van der Waals surface area contributed by atoms with Gasteiger partial charge in [-0.2, -0.15) is 0 Å². The minimum atomic E-state index is -0.434. The van der Waals surface area contributed by atoms with Crippen LogP contribution in [-0.4, -0.2) is 30.7 Å². The Morgan fingerprint density at radius 3 is 2.59 bits per heavy atom. The molecule has 1 fully saturated rings. The van der Waals surface area contributed by atoms with Gasteiger partial charge in [-0.25, -0.2) is 4.39 Å². The van der Waals surface area contributed by atoms with Crippen LogP contribution >= 0.6 is 0 Å². The number of aliphatic hydroxyl groups is 1. The number of halogens is 1. The summed E-state index contributed by atoms with van der Waals surface area (Å²) in [7, 11) is 1.59. The Morgan fingerprint density at radius 2 is 1.89 bits per heavy atom. The van der Waals surface area contributed by atoms with Crippen LogP contribution in [0.3, 0.4) is 0 Å². The van der Waals surface area contributed by atoms with Gasteiger partial charge in [0.1, 0.15) is 5.82 Å². The number of aliphatic hydroxyl groups excluding tert-OH is 1. The van der Waals surface area contributed by atoms with Gasteiger partial charge in [-0.3, -0.25) is 0 Å². The van der Waals surface area contributed by atoms with Crippen molar-refractivity contribution in [3.63, 3.8) is 0 Å². The minimum absolute atomic E-state index is 0.199. The molecule has 3 atom stereocenters. The summed E-state index contributed by atoms with van der Waals surface area (Å²) in [5.74, 6) is -0.199. The van der Waals surface area contributed by atoms with E-state index in [2.05, 4.69) is 26.0 Å². The number of benzene rings is 2. The Labute approximate surface area is 160 Å². The van der Waals surface area contributed by atoms with Gasteiger partial charge in [-0.1, -0.05) is 35.9 Å². The lowest BCUT2D eigenvalue weighted by Gasteiger charge is -2.30. The summed E-state index contributed by atoms with van der Waals surface area (Å²) in [6.45, 7) is 5.91. The van der Waals surface area contributed by atoms with Crippen molar-refractivity contribution in [1.82, 2.24) is 0 Å². The lowest BCUT2D eigenvalue weighted by atomic mass is 9.92. The van der Waals surface area contributed by atoms with E-state index in [1.807, 2.05) is 24.3 Å². The summed E-state index contributed by atoms with van der Waals surface area (Å²) in [5, 5.41) is 10.0. The molecule has 27 heavy (non-hydrogen) atoms. The third kappa shape index (κ3) is 4.64. The molecule has 2 aromatic carbocycles. The van der Waals surface area contributed by atoms with E-state index < -0.39 is 6.10 Å². The second-order valence-electron chi connectivity index (χ2n) is 7.33. The second-order valence-corrected chi connectivity index (χ2v) is 7.33. The zero-order valence-corrected chi connectivity index (χ0v) is 16.3. The second kappa shape index (κ2) is 8.34. The summed E-state index contributed by atoms with van der Waals surface area (Å²) in [6.07, 6.45) is 4.03. The van der Waals surface area contributed by atoms with Crippen LogP contribution in [0.2, 0.25) is 0 Å². The van der Waals surface area contributed by atoms with E-state index in [0.717, 1.165) is 27.8 Å². The highest BCUT2D eigenvalue weighted by molar-refractivity contribution is 5.78. The number of rotatable bonds is 4. The molecular weight excluding hydrogens is 343 g/mol. The molecule has 0 saturated carbocycles. The Morgan fingerprint density at radius 1 is 1.11 bits per heavy atom. The molecule has 0 aliphatic carbocycles. The third-order valence-corrected chi connectivity index (χ3v) is 5.04. The minimum Gasteiger partial charge on any atom is -0.393 e. The fourth-order valence-electron chi connectivity index (χ4n) is 3.62. The first-order valence-electron chi connectivity index (χ1n) is 9.29. The molecule has 1 heterocycles. The first kappa shape index (κ1) is 19.7. The monoisotopic (exact) mass is 370 g/mol. The van der Waals surface area contributed by atoms with Crippen LogP contribution in [0.5, 0.6) is 0 Å². The molecule has 0 aromatic heterocycles. The molecule has 3 nitrogen and oxygen atoms in total. The van der Waals surface area contributed by atoms with Crippen molar-refractivity contribution >= 4 is 6.08 Å². The molecule has 1 aliphatic heterocycles. The molecule has 0 bridgehead atoms. The number of hydrogen-bond acceptors (Lipinski definition) is 3. The smallest absolute Gasteiger partial charge is 0.160 e. The molecule has 4 heteroatoms. The summed E-state index contributed by atoms with van der Waals surface area (Å²) in [4.78, 5) is 0. The van der Waals surface area contributed by atoms with E-state index in [0.29, 0.717) is 18.4 Å². The topological polar surface area (TPSA) is 38.7 Å². The number of ether oxygens (including phenoxy) is 2. The third-order valence-electron chi connectivity index (χ3n) is 5.04. The van der Waals surface area contributed by atoms with E-state index in [1.54, 1.807) is 14.0 Å². The lowest BCUT2D eigenvalue weighted by Crippen LogP contribution is -2.35.